The molecule has 0 saturated heterocycles. The quantitative estimate of drug-likeness (QED) is 0.656. The van der Waals surface area contributed by atoms with Crippen LogP contribution in [0.25, 0.3) is 0 Å². The Hall–Kier alpha value is -1.61. The van der Waals surface area contributed by atoms with E-state index in [4.69, 9.17) is 5.73 Å². The molecule has 27 heavy (non-hydrogen) atoms. The first-order chi connectivity index (χ1) is 13.0. The average Bonchev–Trinajstić information content (AvgIpc) is 2.75. The lowest BCUT2D eigenvalue weighted by atomic mass is 9.51. The van der Waals surface area contributed by atoms with E-state index in [1.165, 1.54) is 55.3 Å². The molecule has 0 radical (unpaired) electrons. The van der Waals surface area contributed by atoms with Gasteiger partial charge in [-0.2, -0.15) is 0 Å². The van der Waals surface area contributed by atoms with Gasteiger partial charge in [0.25, 0.3) is 0 Å². The Morgan fingerprint density at radius 2 is 1.74 bits per heavy atom. The van der Waals surface area contributed by atoms with Crippen molar-refractivity contribution in [1.82, 2.24) is 4.90 Å². The zero-order valence-electron chi connectivity index (χ0n) is 17.1. The number of rotatable bonds is 8. The molecule has 2 nitrogen and oxygen atoms in total. The Bertz CT molecular complexity index is 664. The summed E-state index contributed by atoms with van der Waals surface area (Å²) >= 11 is 0. The lowest BCUT2D eigenvalue weighted by molar-refractivity contribution is 0.0495. The van der Waals surface area contributed by atoms with Gasteiger partial charge in [-0.3, -0.25) is 0 Å². The van der Waals surface area contributed by atoms with Gasteiger partial charge in [0.1, 0.15) is 0 Å². The molecule has 0 heterocycles. The summed E-state index contributed by atoms with van der Waals surface area (Å²) in [6, 6.07) is 9.11. The predicted octanol–water partition coefficient (Wildman–Crippen LogP) is 5.49. The molecule has 0 atom stereocenters. The van der Waals surface area contributed by atoms with E-state index in [1.807, 2.05) is 0 Å². The number of halogens is 1. The number of hydrogen-bond donors (Lipinski definition) is 1. The van der Waals surface area contributed by atoms with Crippen LogP contribution in [0.1, 0.15) is 63.0 Å². The number of nitrogens with zero attached hydrogens (tertiary/aromatic N) is 1. The number of aryl methyl sites for hydroxylation is 1. The molecule has 2 bridgehead atoms. The SMILES string of the molecule is C=C(N(C)CC)C12CCC(c3ccc(CC/C(=C/F)CN)cc3)(CC1)CC2. The zero-order chi connectivity index (χ0) is 19.5. The smallest absolute Gasteiger partial charge is 0.0871 e. The number of nitrogens with two attached hydrogens (primary N) is 1. The summed E-state index contributed by atoms with van der Waals surface area (Å²) in [4.78, 5) is 2.34. The maximum Gasteiger partial charge on any atom is 0.0871 e. The predicted molar refractivity (Wildman–Crippen MR) is 112 cm³/mol. The van der Waals surface area contributed by atoms with Crippen LogP contribution in [-0.4, -0.2) is 25.0 Å². The molecule has 3 aliphatic carbocycles. The topological polar surface area (TPSA) is 29.3 Å². The van der Waals surface area contributed by atoms with E-state index in [0.717, 1.165) is 13.0 Å². The van der Waals surface area contributed by atoms with Gasteiger partial charge in [0.15, 0.2) is 0 Å². The van der Waals surface area contributed by atoms with E-state index in [-0.39, 0.29) is 0 Å². The fraction of sp³-hybridized carbons (Fsp3) is 0.583. The normalized spacial score (nSPS) is 27.6. The summed E-state index contributed by atoms with van der Waals surface area (Å²) < 4.78 is 12.7. The summed E-state index contributed by atoms with van der Waals surface area (Å²) in [5.41, 5.74) is 11.0. The minimum absolute atomic E-state index is 0.304. The second kappa shape index (κ2) is 8.18. The molecule has 0 unspecified atom stereocenters. The molecule has 4 rings (SSSR count). The van der Waals surface area contributed by atoms with Crippen molar-refractivity contribution in [2.75, 3.05) is 20.1 Å². The summed E-state index contributed by atoms with van der Waals surface area (Å²) in [6.45, 7) is 8.01. The molecule has 0 aromatic heterocycles. The molecular formula is C24H35FN2. The highest BCUT2D eigenvalue weighted by molar-refractivity contribution is 5.33. The maximum absolute atomic E-state index is 12.7. The first-order valence-electron chi connectivity index (χ1n) is 10.5. The van der Waals surface area contributed by atoms with Gasteiger partial charge in [-0.15, -0.1) is 0 Å². The molecule has 1 aromatic rings. The Labute approximate surface area is 164 Å². The molecule has 3 heteroatoms. The molecule has 0 amide bonds. The van der Waals surface area contributed by atoms with Crippen LogP contribution >= 0.6 is 0 Å². The van der Waals surface area contributed by atoms with Crippen LogP contribution < -0.4 is 5.73 Å². The van der Waals surface area contributed by atoms with Crippen molar-refractivity contribution in [3.05, 3.63) is 59.6 Å². The van der Waals surface area contributed by atoms with Crippen molar-refractivity contribution in [3.8, 4) is 0 Å². The molecule has 148 valence electrons. The van der Waals surface area contributed by atoms with Crippen LogP contribution in [0.3, 0.4) is 0 Å². The lowest BCUT2D eigenvalue weighted by Gasteiger charge is -2.55. The van der Waals surface area contributed by atoms with Crippen LogP contribution in [0.4, 0.5) is 4.39 Å². The van der Waals surface area contributed by atoms with Crippen molar-refractivity contribution in [2.24, 2.45) is 11.1 Å². The minimum Gasteiger partial charge on any atom is -0.378 e. The molecule has 0 aliphatic heterocycles. The number of allylic oxidation sites excluding steroid dienone is 1. The van der Waals surface area contributed by atoms with E-state index >= 15 is 0 Å². The number of fused-ring (bicyclic) bond motifs is 3. The largest absolute Gasteiger partial charge is 0.378 e. The molecular weight excluding hydrogens is 335 g/mol. The van der Waals surface area contributed by atoms with Crippen LogP contribution in [-0.2, 0) is 11.8 Å². The third-order valence-electron chi connectivity index (χ3n) is 7.51. The fourth-order valence-corrected chi connectivity index (χ4v) is 5.18. The summed E-state index contributed by atoms with van der Waals surface area (Å²) in [5.74, 6) is 0. The Morgan fingerprint density at radius 3 is 2.22 bits per heavy atom. The van der Waals surface area contributed by atoms with Crippen molar-refractivity contribution >= 4 is 0 Å². The highest BCUT2D eigenvalue weighted by atomic mass is 19.1. The fourth-order valence-electron chi connectivity index (χ4n) is 5.18. The highest BCUT2D eigenvalue weighted by Crippen LogP contribution is 2.60. The van der Waals surface area contributed by atoms with E-state index in [0.29, 0.717) is 35.7 Å². The van der Waals surface area contributed by atoms with E-state index in [9.17, 15) is 4.39 Å². The summed E-state index contributed by atoms with van der Waals surface area (Å²) in [5, 5.41) is 0. The lowest BCUT2D eigenvalue weighted by Crippen LogP contribution is -2.47. The summed E-state index contributed by atoms with van der Waals surface area (Å²) in [6.07, 6.45) is 9.81. The minimum atomic E-state index is 0.304. The Kier molecular flexibility index (Phi) is 6.10. The Morgan fingerprint density at radius 1 is 1.15 bits per heavy atom. The van der Waals surface area contributed by atoms with Crippen LogP contribution in [0.5, 0.6) is 0 Å². The van der Waals surface area contributed by atoms with Crippen molar-refractivity contribution in [3.63, 3.8) is 0 Å². The van der Waals surface area contributed by atoms with Gasteiger partial charge < -0.3 is 10.6 Å². The second-order valence-electron chi connectivity index (χ2n) is 8.69. The van der Waals surface area contributed by atoms with Gasteiger partial charge in [-0.25, -0.2) is 4.39 Å². The second-order valence-corrected chi connectivity index (χ2v) is 8.69. The van der Waals surface area contributed by atoms with Crippen molar-refractivity contribution in [2.45, 2.75) is 63.7 Å². The van der Waals surface area contributed by atoms with Gasteiger partial charge in [0.05, 0.1) is 6.33 Å². The summed E-state index contributed by atoms with van der Waals surface area (Å²) in [7, 11) is 2.18. The van der Waals surface area contributed by atoms with Crippen molar-refractivity contribution in [1.29, 1.82) is 0 Å². The van der Waals surface area contributed by atoms with Gasteiger partial charge in [-0.05, 0) is 80.4 Å². The standard InChI is InChI=1S/C24H35FN2/c1-4-27(3)19(2)23-11-14-24(15-12-23,16-13-23)22-9-7-20(8-10-22)5-6-21(17-25)18-26/h7-10,17H,2,4-6,11-16,18,26H2,1,3H3/b21-17-. The number of hydrogen-bond acceptors (Lipinski definition) is 2. The first kappa shape index (κ1) is 20.1. The zero-order valence-corrected chi connectivity index (χ0v) is 17.1. The maximum atomic E-state index is 12.7. The van der Waals surface area contributed by atoms with Gasteiger partial charge in [0, 0.05) is 31.2 Å². The van der Waals surface area contributed by atoms with Gasteiger partial charge in [0.2, 0.25) is 0 Å². The third-order valence-corrected chi connectivity index (χ3v) is 7.51. The molecule has 0 spiro atoms. The Balaban J connectivity index is 1.66. The van der Waals surface area contributed by atoms with Crippen LogP contribution in [0.2, 0.25) is 0 Å². The van der Waals surface area contributed by atoms with E-state index in [2.05, 4.69) is 49.7 Å². The molecule has 1 aromatic carbocycles. The molecule has 3 aliphatic rings. The highest BCUT2D eigenvalue weighted by Gasteiger charge is 2.50. The molecule has 2 N–H and O–H groups in total. The molecule has 3 saturated carbocycles. The van der Waals surface area contributed by atoms with E-state index < -0.39 is 0 Å². The van der Waals surface area contributed by atoms with Crippen molar-refractivity contribution < 1.29 is 4.39 Å². The number of benzene rings is 1. The average molecular weight is 371 g/mol. The van der Waals surface area contributed by atoms with Gasteiger partial charge >= 0.3 is 0 Å². The third kappa shape index (κ3) is 3.85. The molecule has 3 fully saturated rings. The van der Waals surface area contributed by atoms with E-state index in [1.54, 1.807) is 0 Å². The van der Waals surface area contributed by atoms with Crippen LogP contribution in [0.15, 0.2) is 48.4 Å². The monoisotopic (exact) mass is 370 g/mol. The van der Waals surface area contributed by atoms with Gasteiger partial charge in [-0.1, -0.05) is 30.8 Å². The van der Waals surface area contributed by atoms with Crippen LogP contribution in [0, 0.1) is 5.41 Å². The first-order valence-corrected chi connectivity index (χ1v) is 10.5.